The average molecular weight is 557 g/mol. The first kappa shape index (κ1) is 25.5. The zero-order chi connectivity index (χ0) is 21.3. The first-order valence-electron chi connectivity index (χ1n) is 10.2. The molecule has 0 bridgehead atoms. The Labute approximate surface area is 204 Å². The molecule has 31 heavy (non-hydrogen) atoms. The van der Waals surface area contributed by atoms with Gasteiger partial charge in [0, 0.05) is 41.5 Å². The van der Waals surface area contributed by atoms with E-state index in [9.17, 15) is 4.39 Å². The van der Waals surface area contributed by atoms with Gasteiger partial charge in [-0.2, -0.15) is 5.26 Å². The number of hydrogen-bond acceptors (Lipinski definition) is 5. The first-order chi connectivity index (χ1) is 14.6. The van der Waals surface area contributed by atoms with Crippen molar-refractivity contribution in [1.82, 2.24) is 15.5 Å². The summed E-state index contributed by atoms with van der Waals surface area (Å²) >= 11 is 1.81. The van der Waals surface area contributed by atoms with Gasteiger partial charge in [-0.3, -0.25) is 4.90 Å². The standard InChI is InChI=1S/C22H28FN5OS.HI/c1-3-25-22(26-14-18-12-17(13-24)5-6-19(18)23)27-15-20(21-7-4-16(2)30-21)28-8-10-29-11-9-28;/h4-7,12,20H,3,8-11,14-15H2,1-2H3,(H2,25,26,27);1H. The molecule has 3 rings (SSSR count). The van der Waals surface area contributed by atoms with Crippen molar-refractivity contribution >= 4 is 41.3 Å². The highest BCUT2D eigenvalue weighted by Gasteiger charge is 2.24. The van der Waals surface area contributed by atoms with E-state index in [4.69, 9.17) is 10.00 Å². The third-order valence-electron chi connectivity index (χ3n) is 4.97. The Morgan fingerprint density at radius 1 is 1.29 bits per heavy atom. The summed E-state index contributed by atoms with van der Waals surface area (Å²) in [6.07, 6.45) is 0. The van der Waals surface area contributed by atoms with Gasteiger partial charge in [0.25, 0.3) is 0 Å². The highest BCUT2D eigenvalue weighted by molar-refractivity contribution is 14.0. The maximum Gasteiger partial charge on any atom is 0.191 e. The molecule has 0 radical (unpaired) electrons. The van der Waals surface area contributed by atoms with Crippen LogP contribution in [0.25, 0.3) is 0 Å². The number of morpholine rings is 1. The first-order valence-corrected chi connectivity index (χ1v) is 11.0. The molecule has 1 aromatic heterocycles. The molecule has 9 heteroatoms. The number of aliphatic imine (C=N–C) groups is 1. The van der Waals surface area contributed by atoms with Crippen molar-refractivity contribution in [2.24, 2.45) is 4.99 Å². The molecule has 2 N–H and O–H groups in total. The molecule has 1 saturated heterocycles. The molecule has 2 aromatic rings. The molecule has 168 valence electrons. The maximum atomic E-state index is 14.1. The quantitative estimate of drug-likeness (QED) is 0.308. The number of aryl methyl sites for hydroxylation is 1. The second kappa shape index (κ2) is 13.0. The number of benzene rings is 1. The van der Waals surface area contributed by atoms with E-state index >= 15 is 0 Å². The van der Waals surface area contributed by atoms with Gasteiger partial charge in [0.15, 0.2) is 5.96 Å². The lowest BCUT2D eigenvalue weighted by Crippen LogP contribution is -2.46. The fourth-order valence-corrected chi connectivity index (χ4v) is 4.41. The molecule has 6 nitrogen and oxygen atoms in total. The summed E-state index contributed by atoms with van der Waals surface area (Å²) < 4.78 is 19.6. The van der Waals surface area contributed by atoms with Gasteiger partial charge in [0.2, 0.25) is 0 Å². The van der Waals surface area contributed by atoms with Crippen molar-refractivity contribution in [2.45, 2.75) is 26.4 Å². The van der Waals surface area contributed by atoms with E-state index in [0.717, 1.165) is 26.3 Å². The predicted molar refractivity (Wildman–Crippen MR) is 134 cm³/mol. The minimum atomic E-state index is -0.353. The van der Waals surface area contributed by atoms with E-state index in [1.165, 1.54) is 21.9 Å². The second-order valence-corrected chi connectivity index (χ2v) is 8.43. The lowest BCUT2D eigenvalue weighted by atomic mass is 10.1. The molecule has 0 saturated carbocycles. The van der Waals surface area contributed by atoms with Gasteiger partial charge >= 0.3 is 0 Å². The summed E-state index contributed by atoms with van der Waals surface area (Å²) in [4.78, 5) is 9.57. The molecule has 0 spiro atoms. The lowest BCUT2D eigenvalue weighted by molar-refractivity contribution is 0.0177. The van der Waals surface area contributed by atoms with E-state index in [0.29, 0.717) is 30.2 Å². The van der Waals surface area contributed by atoms with Gasteiger partial charge in [0.05, 0.1) is 37.4 Å². The Bertz CT molecular complexity index is 908. The largest absolute Gasteiger partial charge is 0.379 e. The Hall–Kier alpha value is -1.74. The Kier molecular flexibility index (Phi) is 10.7. The minimum absolute atomic E-state index is 0. The molecular formula is C22H29FIN5OS. The fourth-order valence-electron chi connectivity index (χ4n) is 3.40. The maximum absolute atomic E-state index is 14.1. The number of nitrogens with zero attached hydrogens (tertiary/aromatic N) is 3. The average Bonchev–Trinajstić information content (AvgIpc) is 3.19. The van der Waals surface area contributed by atoms with Crippen LogP contribution in [0.4, 0.5) is 4.39 Å². The van der Waals surface area contributed by atoms with Crippen LogP contribution in [0.5, 0.6) is 0 Å². The third kappa shape index (κ3) is 7.42. The highest BCUT2D eigenvalue weighted by Crippen LogP contribution is 2.27. The second-order valence-electron chi connectivity index (χ2n) is 7.11. The van der Waals surface area contributed by atoms with Crippen molar-refractivity contribution in [2.75, 3.05) is 39.4 Å². The van der Waals surface area contributed by atoms with Crippen LogP contribution >= 0.6 is 35.3 Å². The number of nitrogens with one attached hydrogen (secondary N) is 2. The fraction of sp³-hybridized carbons (Fsp3) is 0.455. The van der Waals surface area contributed by atoms with Crippen molar-refractivity contribution in [3.8, 4) is 6.07 Å². The highest BCUT2D eigenvalue weighted by atomic mass is 127. The van der Waals surface area contributed by atoms with Crippen molar-refractivity contribution in [3.63, 3.8) is 0 Å². The number of halogens is 2. The SMILES string of the molecule is CCNC(=NCc1cc(C#N)ccc1F)NCC(c1ccc(C)s1)N1CCOCC1.I. The monoisotopic (exact) mass is 557 g/mol. The molecule has 1 aliphatic heterocycles. The summed E-state index contributed by atoms with van der Waals surface area (Å²) in [5, 5.41) is 15.7. The Morgan fingerprint density at radius 3 is 2.71 bits per heavy atom. The predicted octanol–water partition coefficient (Wildman–Crippen LogP) is 3.81. The number of rotatable bonds is 7. The molecule has 1 fully saturated rings. The minimum Gasteiger partial charge on any atom is -0.379 e. The smallest absolute Gasteiger partial charge is 0.191 e. The van der Waals surface area contributed by atoms with Crippen LogP contribution in [0, 0.1) is 24.1 Å². The molecule has 0 amide bonds. The van der Waals surface area contributed by atoms with Crippen LogP contribution in [0.1, 0.15) is 33.8 Å². The number of thiophene rings is 1. The van der Waals surface area contributed by atoms with Crippen molar-refractivity contribution in [3.05, 3.63) is 57.0 Å². The lowest BCUT2D eigenvalue weighted by Gasteiger charge is -2.34. The van der Waals surface area contributed by atoms with Gasteiger partial charge in [-0.05, 0) is 44.2 Å². The van der Waals surface area contributed by atoms with E-state index in [1.54, 1.807) is 6.07 Å². The third-order valence-corrected chi connectivity index (χ3v) is 6.07. The summed E-state index contributed by atoms with van der Waals surface area (Å²) in [5.74, 6) is 0.277. The normalized spacial score (nSPS) is 15.6. The van der Waals surface area contributed by atoms with E-state index in [2.05, 4.69) is 39.6 Å². The van der Waals surface area contributed by atoms with Crippen LogP contribution in [-0.2, 0) is 11.3 Å². The number of nitriles is 1. The molecule has 1 atom stereocenters. The van der Waals surface area contributed by atoms with Crippen LogP contribution in [0.3, 0.4) is 0 Å². The Balaban J connectivity index is 0.00000341. The number of hydrogen-bond donors (Lipinski definition) is 2. The van der Waals surface area contributed by atoms with Crippen LogP contribution in [0.2, 0.25) is 0 Å². The number of guanidine groups is 1. The summed E-state index contributed by atoms with van der Waals surface area (Å²) in [7, 11) is 0. The molecule has 0 aliphatic carbocycles. The van der Waals surface area contributed by atoms with Gasteiger partial charge in [0.1, 0.15) is 5.82 Å². The zero-order valence-electron chi connectivity index (χ0n) is 17.9. The number of ether oxygens (including phenoxy) is 1. The van der Waals surface area contributed by atoms with E-state index in [1.807, 2.05) is 24.3 Å². The van der Waals surface area contributed by atoms with Gasteiger partial charge in [-0.25, -0.2) is 9.38 Å². The van der Waals surface area contributed by atoms with Crippen LogP contribution in [-0.4, -0.2) is 50.3 Å². The van der Waals surface area contributed by atoms with Crippen molar-refractivity contribution in [1.29, 1.82) is 5.26 Å². The summed E-state index contributed by atoms with van der Waals surface area (Å²) in [6.45, 7) is 8.93. The molecule has 1 aromatic carbocycles. The van der Waals surface area contributed by atoms with Crippen LogP contribution in [0.15, 0.2) is 35.3 Å². The van der Waals surface area contributed by atoms with Crippen molar-refractivity contribution < 1.29 is 9.13 Å². The molecule has 1 aliphatic rings. The Morgan fingerprint density at radius 2 is 2.06 bits per heavy atom. The van der Waals surface area contributed by atoms with Crippen LogP contribution < -0.4 is 10.6 Å². The van der Waals surface area contributed by atoms with Gasteiger partial charge in [-0.1, -0.05) is 0 Å². The topological polar surface area (TPSA) is 72.7 Å². The molecular weight excluding hydrogens is 528 g/mol. The zero-order valence-corrected chi connectivity index (χ0v) is 21.0. The van der Waals surface area contributed by atoms with Gasteiger partial charge < -0.3 is 15.4 Å². The van der Waals surface area contributed by atoms with E-state index in [-0.39, 0.29) is 42.4 Å². The molecule has 2 heterocycles. The molecule has 1 unspecified atom stereocenters. The summed E-state index contributed by atoms with van der Waals surface area (Å²) in [5.41, 5.74) is 0.838. The van der Waals surface area contributed by atoms with E-state index < -0.39 is 0 Å². The summed E-state index contributed by atoms with van der Waals surface area (Å²) in [6, 6.07) is 10.9. The van der Waals surface area contributed by atoms with Gasteiger partial charge in [-0.15, -0.1) is 35.3 Å².